The molecule has 0 bridgehead atoms. The Labute approximate surface area is 146 Å². The number of benzene rings is 1. The molecule has 8 heteroatoms. The average Bonchev–Trinajstić information content (AvgIpc) is 2.86. The summed E-state index contributed by atoms with van der Waals surface area (Å²) in [5.74, 6) is -0.472. The zero-order valence-corrected chi connectivity index (χ0v) is 15.1. The molecule has 0 saturated carbocycles. The Morgan fingerprint density at radius 2 is 2.00 bits per heavy atom. The van der Waals surface area contributed by atoms with Gasteiger partial charge in [0.05, 0.1) is 19.0 Å². The second-order valence-electron chi connectivity index (χ2n) is 6.35. The summed E-state index contributed by atoms with van der Waals surface area (Å²) in [5.41, 5.74) is 3.05. The van der Waals surface area contributed by atoms with Crippen molar-refractivity contribution in [1.82, 2.24) is 0 Å². The molecule has 6 nitrogen and oxygen atoms in total. The van der Waals surface area contributed by atoms with Crippen LogP contribution in [-0.4, -0.2) is 52.9 Å². The molecule has 1 amide bonds. The van der Waals surface area contributed by atoms with Crippen molar-refractivity contribution in [3.05, 3.63) is 23.8 Å². The molecule has 2 saturated heterocycles. The van der Waals surface area contributed by atoms with E-state index in [-0.39, 0.29) is 24.0 Å². The highest BCUT2D eigenvalue weighted by molar-refractivity contribution is 8.13. The maximum absolute atomic E-state index is 12.2. The van der Waals surface area contributed by atoms with Crippen molar-refractivity contribution in [2.45, 2.75) is 13.3 Å². The van der Waals surface area contributed by atoms with Gasteiger partial charge in [-0.15, -0.1) is 0 Å². The van der Waals surface area contributed by atoms with Crippen LogP contribution in [0.5, 0.6) is 0 Å². The normalized spacial score (nSPS) is 22.2. The number of carbonyl (C=O) groups excluding carboxylic acids is 1. The topological polar surface area (TPSA) is 66.9 Å². The summed E-state index contributed by atoms with van der Waals surface area (Å²) in [6, 6.07) is 5.93. The molecule has 0 N–H and O–H groups in total. The van der Waals surface area contributed by atoms with Gasteiger partial charge in [0, 0.05) is 54.0 Å². The molecular weight excluding hydrogens is 352 g/mol. The second kappa shape index (κ2) is 6.90. The molecule has 0 aromatic heterocycles. The van der Waals surface area contributed by atoms with Crippen LogP contribution in [0.25, 0.3) is 0 Å². The SMILES string of the molecule is Cc1cc(N2CC(CS(=O)(=O)Cl)CC2=O)ccc1N1CCOCC1. The van der Waals surface area contributed by atoms with Gasteiger partial charge >= 0.3 is 0 Å². The fourth-order valence-electron chi connectivity index (χ4n) is 3.39. The van der Waals surface area contributed by atoms with Crippen molar-refractivity contribution < 1.29 is 17.9 Å². The Balaban J connectivity index is 1.75. The third-order valence-corrected chi connectivity index (χ3v) is 5.73. The number of aryl methyl sites for hydroxylation is 1. The standard InChI is InChI=1S/C16H21ClN2O4S/c1-12-8-14(2-3-15(12)18-4-6-23-7-5-18)19-10-13(9-16(19)20)11-24(17,21)22/h2-3,8,13H,4-7,9-11H2,1H3. The summed E-state index contributed by atoms with van der Waals surface area (Å²) < 4.78 is 27.8. The van der Waals surface area contributed by atoms with E-state index >= 15 is 0 Å². The molecule has 1 unspecified atom stereocenters. The van der Waals surface area contributed by atoms with Gasteiger partial charge in [0.25, 0.3) is 0 Å². The zero-order valence-electron chi connectivity index (χ0n) is 13.6. The van der Waals surface area contributed by atoms with Crippen LogP contribution in [-0.2, 0) is 18.6 Å². The van der Waals surface area contributed by atoms with Crippen molar-refractivity contribution >= 4 is 37.0 Å². The van der Waals surface area contributed by atoms with Crippen LogP contribution < -0.4 is 9.80 Å². The fraction of sp³-hybridized carbons (Fsp3) is 0.562. The lowest BCUT2D eigenvalue weighted by molar-refractivity contribution is -0.117. The van der Waals surface area contributed by atoms with Gasteiger partial charge in [-0.2, -0.15) is 0 Å². The number of ether oxygens (including phenoxy) is 1. The Morgan fingerprint density at radius 3 is 2.62 bits per heavy atom. The average molecular weight is 373 g/mol. The number of hydrogen-bond acceptors (Lipinski definition) is 5. The Bertz CT molecular complexity index is 732. The van der Waals surface area contributed by atoms with E-state index < -0.39 is 9.05 Å². The molecule has 2 aliphatic rings. The molecule has 2 aliphatic heterocycles. The van der Waals surface area contributed by atoms with Gasteiger partial charge in [-0.3, -0.25) is 4.79 Å². The molecular formula is C16H21ClN2O4S. The first kappa shape index (κ1) is 17.5. The molecule has 0 aliphatic carbocycles. The zero-order chi connectivity index (χ0) is 17.3. The Morgan fingerprint density at radius 1 is 1.29 bits per heavy atom. The number of anilines is 2. The summed E-state index contributed by atoms with van der Waals surface area (Å²) >= 11 is 0. The maximum Gasteiger partial charge on any atom is 0.232 e. The lowest BCUT2D eigenvalue weighted by Gasteiger charge is -2.30. The molecule has 0 radical (unpaired) electrons. The predicted molar refractivity (Wildman–Crippen MR) is 94.3 cm³/mol. The van der Waals surface area contributed by atoms with Gasteiger partial charge in [0.15, 0.2) is 0 Å². The third kappa shape index (κ3) is 4.02. The minimum atomic E-state index is -3.59. The summed E-state index contributed by atoms with van der Waals surface area (Å²) in [4.78, 5) is 16.2. The van der Waals surface area contributed by atoms with Crippen molar-refractivity contribution in [2.75, 3.05) is 48.4 Å². The van der Waals surface area contributed by atoms with E-state index in [0.717, 1.165) is 43.2 Å². The lowest BCUT2D eigenvalue weighted by atomic mass is 10.1. The first-order chi connectivity index (χ1) is 11.3. The van der Waals surface area contributed by atoms with Crippen LogP contribution in [0.15, 0.2) is 18.2 Å². The van der Waals surface area contributed by atoms with E-state index in [1.54, 1.807) is 4.90 Å². The minimum absolute atomic E-state index is 0.0566. The molecule has 1 aromatic carbocycles. The van der Waals surface area contributed by atoms with Crippen LogP contribution >= 0.6 is 10.7 Å². The summed E-state index contributed by atoms with van der Waals surface area (Å²) in [6.07, 6.45) is 0.218. The third-order valence-electron chi connectivity index (χ3n) is 4.48. The minimum Gasteiger partial charge on any atom is -0.378 e. The number of rotatable bonds is 4. The van der Waals surface area contributed by atoms with Gasteiger partial charge in [-0.25, -0.2) is 8.42 Å². The molecule has 0 spiro atoms. The van der Waals surface area contributed by atoms with Crippen molar-refractivity contribution in [1.29, 1.82) is 0 Å². The number of amides is 1. The number of morpholine rings is 1. The smallest absolute Gasteiger partial charge is 0.232 e. The molecule has 1 aromatic rings. The first-order valence-corrected chi connectivity index (χ1v) is 10.5. The van der Waals surface area contributed by atoms with Gasteiger partial charge in [-0.1, -0.05) is 0 Å². The van der Waals surface area contributed by atoms with E-state index in [0.29, 0.717) is 6.54 Å². The number of hydrogen-bond donors (Lipinski definition) is 0. The van der Waals surface area contributed by atoms with Gasteiger partial charge in [0.2, 0.25) is 15.0 Å². The Kier molecular flexibility index (Phi) is 5.03. The molecule has 2 fully saturated rings. The largest absolute Gasteiger partial charge is 0.378 e. The van der Waals surface area contributed by atoms with Crippen LogP contribution in [0.2, 0.25) is 0 Å². The summed E-state index contributed by atoms with van der Waals surface area (Å²) in [6.45, 7) is 5.58. The molecule has 1 atom stereocenters. The molecule has 3 rings (SSSR count). The van der Waals surface area contributed by atoms with Gasteiger partial charge in [-0.05, 0) is 30.7 Å². The highest BCUT2D eigenvalue weighted by Crippen LogP contribution is 2.31. The monoisotopic (exact) mass is 372 g/mol. The number of halogens is 1. The number of nitrogens with zero attached hydrogens (tertiary/aromatic N) is 2. The van der Waals surface area contributed by atoms with Crippen LogP contribution in [0, 0.1) is 12.8 Å². The summed E-state index contributed by atoms with van der Waals surface area (Å²) in [7, 11) is 1.72. The van der Waals surface area contributed by atoms with E-state index in [1.807, 2.05) is 25.1 Å². The van der Waals surface area contributed by atoms with E-state index in [9.17, 15) is 13.2 Å². The second-order valence-corrected chi connectivity index (χ2v) is 9.17. The van der Waals surface area contributed by atoms with Gasteiger partial charge in [0.1, 0.15) is 0 Å². The van der Waals surface area contributed by atoms with Crippen LogP contribution in [0.1, 0.15) is 12.0 Å². The Hall–Kier alpha value is -1.31. The van der Waals surface area contributed by atoms with E-state index in [2.05, 4.69) is 4.90 Å². The van der Waals surface area contributed by atoms with Crippen LogP contribution in [0.4, 0.5) is 11.4 Å². The highest BCUT2D eigenvalue weighted by atomic mass is 35.7. The molecule has 132 valence electrons. The van der Waals surface area contributed by atoms with Crippen molar-refractivity contribution in [3.8, 4) is 0 Å². The van der Waals surface area contributed by atoms with Crippen LogP contribution in [0.3, 0.4) is 0 Å². The van der Waals surface area contributed by atoms with Gasteiger partial charge < -0.3 is 14.5 Å². The molecule has 2 heterocycles. The highest BCUT2D eigenvalue weighted by Gasteiger charge is 2.33. The maximum atomic E-state index is 12.2. The predicted octanol–water partition coefficient (Wildman–Crippen LogP) is 1.75. The quantitative estimate of drug-likeness (QED) is 0.753. The van der Waals surface area contributed by atoms with E-state index in [4.69, 9.17) is 15.4 Å². The van der Waals surface area contributed by atoms with Crippen molar-refractivity contribution in [2.24, 2.45) is 5.92 Å². The van der Waals surface area contributed by atoms with Crippen molar-refractivity contribution in [3.63, 3.8) is 0 Å². The first-order valence-electron chi connectivity index (χ1n) is 7.99. The molecule has 24 heavy (non-hydrogen) atoms. The lowest BCUT2D eigenvalue weighted by Crippen LogP contribution is -2.36. The fourth-order valence-corrected chi connectivity index (χ4v) is 4.71. The number of carbonyl (C=O) groups is 1. The van der Waals surface area contributed by atoms with E-state index in [1.165, 1.54) is 0 Å². The summed E-state index contributed by atoms with van der Waals surface area (Å²) in [5, 5.41) is 0.